The Hall–Kier alpha value is -2.29. The Bertz CT molecular complexity index is 629. The predicted molar refractivity (Wildman–Crippen MR) is 101 cm³/mol. The third-order valence-corrected chi connectivity index (χ3v) is 4.15. The van der Waals surface area contributed by atoms with Crippen molar-refractivity contribution in [3.8, 4) is 11.5 Å². The molecule has 0 radical (unpaired) electrons. The Kier molecular flexibility index (Phi) is 8.03. The molecule has 0 saturated heterocycles. The van der Waals surface area contributed by atoms with Crippen molar-refractivity contribution >= 4 is 5.97 Å². The van der Waals surface area contributed by atoms with Crippen molar-refractivity contribution in [2.24, 2.45) is 0 Å². The third-order valence-electron chi connectivity index (χ3n) is 4.15. The number of ether oxygens (including phenoxy) is 2. The van der Waals surface area contributed by atoms with Gasteiger partial charge in [-0.05, 0) is 54.8 Å². The van der Waals surface area contributed by atoms with Gasteiger partial charge in [0.2, 0.25) is 0 Å². The van der Waals surface area contributed by atoms with Crippen LogP contribution in [0.15, 0.2) is 48.5 Å². The van der Waals surface area contributed by atoms with E-state index < -0.39 is 0 Å². The van der Waals surface area contributed by atoms with E-state index in [9.17, 15) is 4.79 Å². The van der Waals surface area contributed by atoms with Crippen molar-refractivity contribution in [2.75, 3.05) is 6.61 Å². The van der Waals surface area contributed by atoms with Crippen LogP contribution in [0, 0.1) is 0 Å². The van der Waals surface area contributed by atoms with E-state index in [1.165, 1.54) is 31.2 Å². The first kappa shape index (κ1) is 19.0. The summed E-state index contributed by atoms with van der Waals surface area (Å²) in [5, 5.41) is 0. The van der Waals surface area contributed by atoms with Crippen molar-refractivity contribution in [3.63, 3.8) is 0 Å². The molecule has 2 rings (SSSR count). The quantitative estimate of drug-likeness (QED) is 0.311. The normalized spacial score (nSPS) is 10.5. The van der Waals surface area contributed by atoms with Gasteiger partial charge in [-0.2, -0.15) is 0 Å². The molecule has 2 aromatic carbocycles. The summed E-state index contributed by atoms with van der Waals surface area (Å²) in [6.07, 6.45) is 7.05. The van der Waals surface area contributed by atoms with Crippen LogP contribution in [-0.2, 0) is 6.42 Å². The number of rotatable bonds is 10. The van der Waals surface area contributed by atoms with E-state index in [2.05, 4.69) is 13.8 Å². The van der Waals surface area contributed by atoms with E-state index in [0.717, 1.165) is 25.2 Å². The summed E-state index contributed by atoms with van der Waals surface area (Å²) < 4.78 is 11.1. The zero-order valence-electron chi connectivity index (χ0n) is 15.3. The van der Waals surface area contributed by atoms with E-state index in [1.807, 2.05) is 36.4 Å². The minimum absolute atomic E-state index is 0.352. The summed E-state index contributed by atoms with van der Waals surface area (Å²) in [6.45, 7) is 5.02. The summed E-state index contributed by atoms with van der Waals surface area (Å²) in [7, 11) is 0. The molecule has 0 aliphatic heterocycles. The molecule has 0 fully saturated rings. The van der Waals surface area contributed by atoms with Crippen LogP contribution in [-0.4, -0.2) is 12.6 Å². The summed E-state index contributed by atoms with van der Waals surface area (Å²) in [5.41, 5.74) is 1.74. The Morgan fingerprint density at radius 1 is 0.800 bits per heavy atom. The van der Waals surface area contributed by atoms with E-state index >= 15 is 0 Å². The van der Waals surface area contributed by atoms with Gasteiger partial charge in [0, 0.05) is 0 Å². The van der Waals surface area contributed by atoms with Gasteiger partial charge in [-0.25, -0.2) is 4.79 Å². The Labute approximate surface area is 151 Å². The molecule has 0 unspecified atom stereocenters. The molecule has 0 aliphatic carbocycles. The molecule has 25 heavy (non-hydrogen) atoms. The fourth-order valence-electron chi connectivity index (χ4n) is 2.54. The Balaban J connectivity index is 1.79. The molecule has 2 aromatic rings. The summed E-state index contributed by atoms with van der Waals surface area (Å²) in [6, 6.07) is 14.7. The molecule has 0 amide bonds. The van der Waals surface area contributed by atoms with Gasteiger partial charge in [-0.15, -0.1) is 0 Å². The minimum Gasteiger partial charge on any atom is -0.494 e. The van der Waals surface area contributed by atoms with E-state index in [4.69, 9.17) is 9.47 Å². The molecule has 0 saturated carbocycles. The van der Waals surface area contributed by atoms with E-state index in [-0.39, 0.29) is 5.97 Å². The lowest BCUT2D eigenvalue weighted by atomic mass is 10.1. The van der Waals surface area contributed by atoms with Gasteiger partial charge in [0.1, 0.15) is 11.5 Å². The van der Waals surface area contributed by atoms with Crippen LogP contribution in [0.2, 0.25) is 0 Å². The van der Waals surface area contributed by atoms with Crippen molar-refractivity contribution < 1.29 is 14.3 Å². The molecule has 0 heterocycles. The fourth-order valence-corrected chi connectivity index (χ4v) is 2.54. The van der Waals surface area contributed by atoms with Gasteiger partial charge in [0.15, 0.2) is 0 Å². The highest BCUT2D eigenvalue weighted by Crippen LogP contribution is 2.17. The maximum Gasteiger partial charge on any atom is 0.343 e. The summed E-state index contributed by atoms with van der Waals surface area (Å²) in [5.74, 6) is 1.00. The van der Waals surface area contributed by atoms with E-state index in [0.29, 0.717) is 11.3 Å². The summed E-state index contributed by atoms with van der Waals surface area (Å²) >= 11 is 0. The largest absolute Gasteiger partial charge is 0.494 e. The van der Waals surface area contributed by atoms with Crippen molar-refractivity contribution in [2.45, 2.75) is 52.4 Å². The molecule has 3 nitrogen and oxygen atoms in total. The molecule has 0 aliphatic rings. The molecule has 0 atom stereocenters. The number of carbonyl (C=O) groups excluding carboxylic acids is 1. The molecule has 3 heteroatoms. The molecular formula is C22H28O3. The number of esters is 1. The lowest BCUT2D eigenvalue weighted by Gasteiger charge is -2.08. The molecular weight excluding hydrogens is 312 g/mol. The van der Waals surface area contributed by atoms with Crippen LogP contribution >= 0.6 is 0 Å². The van der Waals surface area contributed by atoms with Gasteiger partial charge >= 0.3 is 5.97 Å². The average molecular weight is 340 g/mol. The zero-order chi connectivity index (χ0) is 17.9. The smallest absolute Gasteiger partial charge is 0.343 e. The van der Waals surface area contributed by atoms with Gasteiger partial charge in [0.25, 0.3) is 0 Å². The van der Waals surface area contributed by atoms with Crippen molar-refractivity contribution in [3.05, 3.63) is 59.7 Å². The van der Waals surface area contributed by atoms with Crippen LogP contribution in [0.5, 0.6) is 11.5 Å². The van der Waals surface area contributed by atoms with Crippen LogP contribution in [0.25, 0.3) is 0 Å². The number of unbranched alkanes of at least 4 members (excludes halogenated alkanes) is 4. The number of hydrogen-bond donors (Lipinski definition) is 0. The van der Waals surface area contributed by atoms with Crippen molar-refractivity contribution in [1.82, 2.24) is 0 Å². The monoisotopic (exact) mass is 340 g/mol. The third kappa shape index (κ3) is 6.61. The van der Waals surface area contributed by atoms with Crippen LogP contribution in [0.4, 0.5) is 0 Å². The number of benzene rings is 2. The highest BCUT2D eigenvalue weighted by molar-refractivity contribution is 5.91. The average Bonchev–Trinajstić information content (AvgIpc) is 2.65. The van der Waals surface area contributed by atoms with Gasteiger partial charge < -0.3 is 9.47 Å². The predicted octanol–water partition coefficient (Wildman–Crippen LogP) is 5.82. The Morgan fingerprint density at radius 3 is 2.08 bits per heavy atom. The molecule has 134 valence electrons. The topological polar surface area (TPSA) is 35.5 Å². The second kappa shape index (κ2) is 10.5. The number of hydrogen-bond acceptors (Lipinski definition) is 3. The van der Waals surface area contributed by atoms with E-state index in [1.54, 1.807) is 12.1 Å². The molecule has 0 N–H and O–H groups in total. The molecule has 0 aromatic heterocycles. The van der Waals surface area contributed by atoms with Crippen molar-refractivity contribution in [1.29, 1.82) is 0 Å². The fraction of sp³-hybridized carbons (Fsp3) is 0.409. The van der Waals surface area contributed by atoms with Gasteiger partial charge in [-0.1, -0.05) is 51.7 Å². The standard InChI is InChI=1S/C22H28O3/c1-3-5-6-7-8-17-24-20-15-11-19(12-16-20)22(23)25-21-13-9-18(4-2)10-14-21/h9-16H,3-8,17H2,1-2H3. The molecule has 0 bridgehead atoms. The van der Waals surface area contributed by atoms with Gasteiger partial charge in [-0.3, -0.25) is 0 Å². The number of carbonyl (C=O) groups is 1. The lowest BCUT2D eigenvalue weighted by Crippen LogP contribution is -2.08. The first-order valence-electron chi connectivity index (χ1n) is 9.27. The molecule has 0 spiro atoms. The zero-order valence-corrected chi connectivity index (χ0v) is 15.3. The summed E-state index contributed by atoms with van der Waals surface area (Å²) in [4.78, 5) is 12.2. The number of aryl methyl sites for hydroxylation is 1. The highest BCUT2D eigenvalue weighted by Gasteiger charge is 2.08. The van der Waals surface area contributed by atoms with Crippen LogP contribution in [0.1, 0.15) is 61.9 Å². The maximum absolute atomic E-state index is 12.2. The first-order valence-corrected chi connectivity index (χ1v) is 9.27. The van der Waals surface area contributed by atoms with Crippen LogP contribution < -0.4 is 9.47 Å². The minimum atomic E-state index is -0.352. The maximum atomic E-state index is 12.2. The van der Waals surface area contributed by atoms with Gasteiger partial charge in [0.05, 0.1) is 12.2 Å². The van der Waals surface area contributed by atoms with Crippen LogP contribution in [0.3, 0.4) is 0 Å². The first-order chi connectivity index (χ1) is 12.2. The second-order valence-corrected chi connectivity index (χ2v) is 6.17. The SMILES string of the molecule is CCCCCCCOc1ccc(C(=O)Oc2ccc(CC)cc2)cc1. The highest BCUT2D eigenvalue weighted by atomic mass is 16.5. The lowest BCUT2D eigenvalue weighted by molar-refractivity contribution is 0.0734. The Morgan fingerprint density at radius 2 is 1.44 bits per heavy atom. The second-order valence-electron chi connectivity index (χ2n) is 6.17.